The zero-order valence-electron chi connectivity index (χ0n) is 8.86. The second-order valence-corrected chi connectivity index (χ2v) is 3.88. The SMILES string of the molecule is NC(=O)N(N)c1csc(N(N)C(N)=O)c1C(=O)O. The summed E-state index contributed by atoms with van der Waals surface area (Å²) in [6, 6.07) is -2.13. The number of carbonyl (C=O) groups excluding carboxylic acids is 2. The molecule has 1 rings (SSSR count). The predicted molar refractivity (Wildman–Crippen MR) is 63.8 cm³/mol. The highest BCUT2D eigenvalue weighted by Crippen LogP contribution is 2.35. The number of carboxylic acids is 1. The summed E-state index contributed by atoms with van der Waals surface area (Å²) < 4.78 is 0. The van der Waals surface area contributed by atoms with E-state index in [0.29, 0.717) is 10.0 Å². The van der Waals surface area contributed by atoms with Crippen LogP contribution in [0.25, 0.3) is 0 Å². The van der Waals surface area contributed by atoms with E-state index >= 15 is 0 Å². The molecule has 10 nitrogen and oxygen atoms in total. The van der Waals surface area contributed by atoms with Gasteiger partial charge >= 0.3 is 18.0 Å². The molecule has 11 heteroatoms. The largest absolute Gasteiger partial charge is 0.478 e. The second kappa shape index (κ2) is 4.87. The number of hydrazine groups is 2. The Kier molecular flexibility index (Phi) is 3.70. The number of hydrogen-bond acceptors (Lipinski definition) is 6. The van der Waals surface area contributed by atoms with Crippen LogP contribution in [0.1, 0.15) is 10.4 Å². The third-order valence-corrected chi connectivity index (χ3v) is 2.88. The second-order valence-electron chi connectivity index (χ2n) is 3.02. The third kappa shape index (κ3) is 2.32. The number of aromatic carboxylic acids is 1. The number of nitrogens with zero attached hydrogens (tertiary/aromatic N) is 2. The van der Waals surface area contributed by atoms with Gasteiger partial charge in [0.05, 0.1) is 5.69 Å². The Morgan fingerprint density at radius 1 is 1.11 bits per heavy atom. The number of thiophene rings is 1. The van der Waals surface area contributed by atoms with Crippen LogP contribution in [0.5, 0.6) is 0 Å². The van der Waals surface area contributed by atoms with Crippen LogP contribution < -0.4 is 33.2 Å². The van der Waals surface area contributed by atoms with Crippen LogP contribution in [-0.4, -0.2) is 23.1 Å². The molecular weight excluding hydrogens is 264 g/mol. The molecule has 0 atom stereocenters. The molecule has 0 spiro atoms. The fourth-order valence-electron chi connectivity index (χ4n) is 1.11. The van der Waals surface area contributed by atoms with E-state index in [9.17, 15) is 14.4 Å². The van der Waals surface area contributed by atoms with Gasteiger partial charge in [0.15, 0.2) is 0 Å². The van der Waals surface area contributed by atoms with E-state index in [1.54, 1.807) is 0 Å². The average Bonchev–Trinajstić information content (AvgIpc) is 2.70. The molecule has 4 amide bonds. The maximum atomic E-state index is 11.1. The summed E-state index contributed by atoms with van der Waals surface area (Å²) in [5.74, 6) is 9.15. The predicted octanol–water partition coefficient (Wildman–Crippen LogP) is -1.04. The van der Waals surface area contributed by atoms with Crippen molar-refractivity contribution < 1.29 is 19.5 Å². The zero-order chi connectivity index (χ0) is 14.0. The standard InChI is InChI=1S/C7H10N6O4S/c8-6(16)12(10)2-1-18-4(3(2)5(14)15)13(11)7(9)17/h1H,10-11H2,(H2,8,16)(H2,9,17)(H,14,15). The maximum Gasteiger partial charge on any atom is 0.340 e. The molecule has 0 unspecified atom stereocenters. The first-order chi connectivity index (χ1) is 8.27. The van der Waals surface area contributed by atoms with Crippen molar-refractivity contribution in [1.82, 2.24) is 0 Å². The van der Waals surface area contributed by atoms with E-state index in [1.165, 1.54) is 5.38 Å². The van der Waals surface area contributed by atoms with Gasteiger partial charge in [-0.15, -0.1) is 11.3 Å². The quantitative estimate of drug-likeness (QED) is 0.266. The van der Waals surface area contributed by atoms with Gasteiger partial charge in [0.1, 0.15) is 10.6 Å². The Labute approximate surface area is 104 Å². The first kappa shape index (κ1) is 13.7. The van der Waals surface area contributed by atoms with Gasteiger partial charge in [-0.2, -0.15) is 0 Å². The molecule has 98 valence electrons. The lowest BCUT2D eigenvalue weighted by Gasteiger charge is -2.15. The van der Waals surface area contributed by atoms with Gasteiger partial charge in [-0.25, -0.2) is 36.1 Å². The summed E-state index contributed by atoms with van der Waals surface area (Å²) in [4.78, 5) is 32.9. The van der Waals surface area contributed by atoms with E-state index in [-0.39, 0.29) is 10.7 Å². The number of nitrogens with two attached hydrogens (primary N) is 4. The van der Waals surface area contributed by atoms with Crippen LogP contribution >= 0.6 is 11.3 Å². The highest BCUT2D eigenvalue weighted by molar-refractivity contribution is 7.15. The summed E-state index contributed by atoms with van der Waals surface area (Å²) in [6.07, 6.45) is 0. The molecule has 0 aromatic carbocycles. The molecule has 0 aliphatic carbocycles. The molecule has 1 heterocycles. The Hall–Kier alpha value is -2.37. The summed E-state index contributed by atoms with van der Waals surface area (Å²) in [6.45, 7) is 0. The Bertz CT molecular complexity index is 477. The van der Waals surface area contributed by atoms with E-state index in [2.05, 4.69) is 0 Å². The van der Waals surface area contributed by atoms with Gasteiger partial charge in [0.25, 0.3) is 0 Å². The number of carbonyl (C=O) groups is 3. The minimum atomic E-state index is -1.44. The van der Waals surface area contributed by atoms with Crippen molar-refractivity contribution in [3.63, 3.8) is 0 Å². The third-order valence-electron chi connectivity index (χ3n) is 1.92. The van der Waals surface area contributed by atoms with E-state index in [1.807, 2.05) is 0 Å². The number of carboxylic acid groups (broad SMARTS) is 1. The summed E-state index contributed by atoms with van der Waals surface area (Å²) in [7, 11) is 0. The van der Waals surface area contributed by atoms with E-state index in [4.69, 9.17) is 28.3 Å². The van der Waals surface area contributed by atoms with Crippen LogP contribution in [0.15, 0.2) is 5.38 Å². The van der Waals surface area contributed by atoms with Crippen molar-refractivity contribution in [2.24, 2.45) is 23.2 Å². The summed E-state index contributed by atoms with van der Waals surface area (Å²) in [5, 5.41) is 11.0. The van der Waals surface area contributed by atoms with Crippen molar-refractivity contribution in [2.45, 2.75) is 0 Å². The number of anilines is 2. The van der Waals surface area contributed by atoms with Crippen molar-refractivity contribution in [3.05, 3.63) is 10.9 Å². The molecule has 0 aliphatic rings. The van der Waals surface area contributed by atoms with E-state index in [0.717, 1.165) is 11.3 Å². The summed E-state index contributed by atoms with van der Waals surface area (Å²) >= 11 is 0.776. The molecule has 1 aromatic heterocycles. The zero-order valence-corrected chi connectivity index (χ0v) is 9.68. The molecule has 0 saturated carbocycles. The molecule has 0 saturated heterocycles. The van der Waals surface area contributed by atoms with Crippen molar-refractivity contribution in [2.75, 3.05) is 10.0 Å². The fourth-order valence-corrected chi connectivity index (χ4v) is 2.08. The van der Waals surface area contributed by atoms with Crippen LogP contribution in [0.2, 0.25) is 0 Å². The lowest BCUT2D eigenvalue weighted by molar-refractivity contribution is 0.0699. The molecular formula is C7H10N6O4S. The summed E-state index contributed by atoms with van der Waals surface area (Å²) in [5.41, 5.74) is 9.21. The Balaban J connectivity index is 3.36. The van der Waals surface area contributed by atoms with Crippen LogP contribution in [-0.2, 0) is 0 Å². The lowest BCUT2D eigenvalue weighted by Crippen LogP contribution is -2.43. The van der Waals surface area contributed by atoms with Gasteiger partial charge in [-0.1, -0.05) is 0 Å². The van der Waals surface area contributed by atoms with Gasteiger partial charge in [0.2, 0.25) is 0 Å². The van der Waals surface area contributed by atoms with Crippen LogP contribution in [0.4, 0.5) is 20.3 Å². The molecule has 0 aliphatic heterocycles. The van der Waals surface area contributed by atoms with Gasteiger partial charge in [-0.05, 0) is 0 Å². The smallest absolute Gasteiger partial charge is 0.340 e. The van der Waals surface area contributed by atoms with E-state index < -0.39 is 23.6 Å². The normalized spacial score (nSPS) is 9.89. The van der Waals surface area contributed by atoms with Crippen molar-refractivity contribution in [1.29, 1.82) is 0 Å². The van der Waals surface area contributed by atoms with Crippen molar-refractivity contribution in [3.8, 4) is 0 Å². The van der Waals surface area contributed by atoms with Crippen LogP contribution in [0.3, 0.4) is 0 Å². The van der Waals surface area contributed by atoms with Crippen LogP contribution in [0, 0.1) is 0 Å². The lowest BCUT2D eigenvalue weighted by atomic mass is 10.2. The monoisotopic (exact) mass is 274 g/mol. The van der Waals surface area contributed by atoms with Crippen molar-refractivity contribution >= 4 is 40.1 Å². The first-order valence-electron chi connectivity index (χ1n) is 4.30. The number of hydrogen-bond donors (Lipinski definition) is 5. The Morgan fingerprint density at radius 2 is 1.61 bits per heavy atom. The maximum absolute atomic E-state index is 11.1. The minimum absolute atomic E-state index is 0.165. The topological polar surface area (TPSA) is 182 Å². The first-order valence-corrected chi connectivity index (χ1v) is 5.18. The minimum Gasteiger partial charge on any atom is -0.478 e. The average molecular weight is 274 g/mol. The van der Waals surface area contributed by atoms with Gasteiger partial charge < -0.3 is 16.6 Å². The molecule has 0 bridgehead atoms. The number of primary amides is 2. The molecule has 0 radical (unpaired) electrons. The fraction of sp³-hybridized carbons (Fsp3) is 0. The number of amides is 4. The number of urea groups is 2. The Morgan fingerprint density at radius 3 is 2.00 bits per heavy atom. The number of rotatable bonds is 3. The highest BCUT2D eigenvalue weighted by Gasteiger charge is 2.27. The highest BCUT2D eigenvalue weighted by atomic mass is 32.1. The molecule has 18 heavy (non-hydrogen) atoms. The molecule has 9 N–H and O–H groups in total. The molecule has 0 fully saturated rings. The van der Waals surface area contributed by atoms with Gasteiger partial charge in [0, 0.05) is 5.38 Å². The van der Waals surface area contributed by atoms with Gasteiger partial charge in [-0.3, -0.25) is 0 Å². The molecule has 1 aromatic rings.